The fraction of sp³-hybridized carbons (Fsp3) is 0.571. The van der Waals surface area contributed by atoms with Crippen LogP contribution in [0.5, 0.6) is 0 Å². The Morgan fingerprint density at radius 2 is 2.27 bits per heavy atom. The Labute approximate surface area is 64.3 Å². The van der Waals surface area contributed by atoms with Crippen LogP contribution in [0, 0.1) is 0 Å². The third kappa shape index (κ3) is 5.51. The van der Waals surface area contributed by atoms with Gasteiger partial charge in [-0.2, -0.15) is 8.78 Å². The van der Waals surface area contributed by atoms with E-state index in [0.717, 1.165) is 0 Å². The fourth-order valence-corrected chi connectivity index (χ4v) is 0.523. The number of amides is 1. The van der Waals surface area contributed by atoms with Crippen molar-refractivity contribution in [3.63, 3.8) is 0 Å². The molecule has 4 heteroatoms. The molecule has 0 fully saturated rings. The maximum absolute atomic E-state index is 11.5. The van der Waals surface area contributed by atoms with Crippen molar-refractivity contribution in [3.05, 3.63) is 12.2 Å². The number of rotatable bonds is 4. The zero-order chi connectivity index (χ0) is 8.69. The van der Waals surface area contributed by atoms with Gasteiger partial charge >= 0.3 is 6.43 Å². The first-order valence-electron chi connectivity index (χ1n) is 3.35. The molecule has 0 aromatic heterocycles. The molecule has 0 aliphatic heterocycles. The van der Waals surface area contributed by atoms with E-state index in [9.17, 15) is 13.6 Å². The highest BCUT2D eigenvalue weighted by molar-refractivity contribution is 5.78. The summed E-state index contributed by atoms with van der Waals surface area (Å²) in [6, 6.07) is 0. The quantitative estimate of drug-likeness (QED) is 0.491. The van der Waals surface area contributed by atoms with E-state index in [1.54, 1.807) is 12.2 Å². The highest BCUT2D eigenvalue weighted by Gasteiger charge is 2.12. The van der Waals surface area contributed by atoms with Gasteiger partial charge in [0.25, 0.3) is 5.91 Å². The van der Waals surface area contributed by atoms with E-state index in [4.69, 9.17) is 0 Å². The molecule has 1 amide bonds. The molecular formula is C7H11F2NO. The third-order valence-electron chi connectivity index (χ3n) is 1.04. The molecule has 0 saturated heterocycles. The van der Waals surface area contributed by atoms with E-state index in [1.807, 2.05) is 6.92 Å². The summed E-state index contributed by atoms with van der Waals surface area (Å²) in [5.74, 6) is -1.20. The lowest BCUT2D eigenvalue weighted by Gasteiger charge is -2.00. The van der Waals surface area contributed by atoms with Gasteiger partial charge in [0.1, 0.15) is 0 Å². The molecule has 0 radical (unpaired) electrons. The molecule has 0 aliphatic rings. The van der Waals surface area contributed by atoms with E-state index in [2.05, 4.69) is 5.32 Å². The summed E-state index contributed by atoms with van der Waals surface area (Å²) in [5.41, 5.74) is 0. The van der Waals surface area contributed by atoms with Gasteiger partial charge in [0, 0.05) is 6.54 Å². The van der Waals surface area contributed by atoms with Crippen molar-refractivity contribution in [2.24, 2.45) is 0 Å². The second-order valence-electron chi connectivity index (χ2n) is 1.95. The van der Waals surface area contributed by atoms with Crippen LogP contribution in [0.25, 0.3) is 0 Å². The number of alkyl halides is 2. The van der Waals surface area contributed by atoms with E-state index in [-0.39, 0.29) is 6.54 Å². The van der Waals surface area contributed by atoms with Crippen molar-refractivity contribution in [2.75, 3.05) is 6.54 Å². The van der Waals surface area contributed by atoms with Crippen LogP contribution in [0.15, 0.2) is 12.2 Å². The second kappa shape index (κ2) is 5.82. The van der Waals surface area contributed by atoms with E-state index < -0.39 is 12.3 Å². The average molecular weight is 163 g/mol. The lowest BCUT2D eigenvalue weighted by molar-refractivity contribution is -0.131. The Morgan fingerprint density at radius 1 is 1.64 bits per heavy atom. The number of carbonyl (C=O) groups excluding carboxylic acids is 1. The predicted octanol–water partition coefficient (Wildman–Crippen LogP) is 1.33. The van der Waals surface area contributed by atoms with Gasteiger partial charge in [-0.25, -0.2) is 0 Å². The van der Waals surface area contributed by atoms with Crippen LogP contribution in [-0.2, 0) is 4.79 Å². The Kier molecular flexibility index (Phi) is 5.33. The van der Waals surface area contributed by atoms with Gasteiger partial charge in [-0.1, -0.05) is 12.2 Å². The molecular weight excluding hydrogens is 152 g/mol. The Bertz CT molecular complexity index is 145. The summed E-state index contributed by atoms with van der Waals surface area (Å²) in [4.78, 5) is 10.2. The van der Waals surface area contributed by atoms with Crippen LogP contribution < -0.4 is 5.32 Å². The molecule has 1 N–H and O–H groups in total. The first kappa shape index (κ1) is 10.1. The van der Waals surface area contributed by atoms with Crippen molar-refractivity contribution in [1.82, 2.24) is 5.32 Å². The molecule has 0 atom stereocenters. The zero-order valence-electron chi connectivity index (χ0n) is 6.31. The summed E-state index contributed by atoms with van der Waals surface area (Å²) in [6.07, 6.45) is 1.29. The zero-order valence-corrected chi connectivity index (χ0v) is 6.31. The molecule has 64 valence electrons. The van der Waals surface area contributed by atoms with Crippen molar-refractivity contribution in [2.45, 2.75) is 19.8 Å². The fourth-order valence-electron chi connectivity index (χ4n) is 0.523. The Balaban J connectivity index is 3.32. The minimum atomic E-state index is -2.90. The van der Waals surface area contributed by atoms with Gasteiger partial charge in [-0.3, -0.25) is 4.79 Å². The number of allylic oxidation sites excluding steroid dienone is 1. The minimum absolute atomic E-state index is 0.271. The van der Waals surface area contributed by atoms with Crippen molar-refractivity contribution < 1.29 is 13.6 Å². The maximum atomic E-state index is 11.5. The normalized spacial score (nSPS) is 10.9. The van der Waals surface area contributed by atoms with E-state index in [0.29, 0.717) is 6.42 Å². The van der Waals surface area contributed by atoms with E-state index in [1.165, 1.54) is 0 Å². The van der Waals surface area contributed by atoms with Gasteiger partial charge in [0.2, 0.25) is 0 Å². The molecule has 0 aromatic rings. The highest BCUT2D eigenvalue weighted by Crippen LogP contribution is 1.90. The van der Waals surface area contributed by atoms with Crippen LogP contribution >= 0.6 is 0 Å². The molecule has 0 unspecified atom stereocenters. The summed E-state index contributed by atoms with van der Waals surface area (Å²) >= 11 is 0. The molecule has 0 heterocycles. The maximum Gasteiger partial charge on any atom is 0.315 e. The lowest BCUT2D eigenvalue weighted by Crippen LogP contribution is -2.29. The van der Waals surface area contributed by atoms with Gasteiger partial charge in [-0.15, -0.1) is 0 Å². The predicted molar refractivity (Wildman–Crippen MR) is 38.4 cm³/mol. The molecule has 0 rings (SSSR count). The average Bonchev–Trinajstić information content (AvgIpc) is 1.97. The summed E-state index contributed by atoms with van der Waals surface area (Å²) in [7, 11) is 0. The number of hydrogen-bond donors (Lipinski definition) is 1. The minimum Gasteiger partial charge on any atom is -0.351 e. The first-order valence-corrected chi connectivity index (χ1v) is 3.35. The summed E-state index contributed by atoms with van der Waals surface area (Å²) in [6.45, 7) is 2.10. The smallest absolute Gasteiger partial charge is 0.315 e. The first-order chi connectivity index (χ1) is 5.18. The highest BCUT2D eigenvalue weighted by atomic mass is 19.3. The largest absolute Gasteiger partial charge is 0.351 e. The number of carbonyl (C=O) groups is 1. The molecule has 0 spiro atoms. The topological polar surface area (TPSA) is 29.1 Å². The van der Waals surface area contributed by atoms with Crippen LogP contribution in [0.4, 0.5) is 8.78 Å². The van der Waals surface area contributed by atoms with Gasteiger partial charge in [0.15, 0.2) is 0 Å². The third-order valence-corrected chi connectivity index (χ3v) is 1.04. The van der Waals surface area contributed by atoms with Crippen molar-refractivity contribution >= 4 is 5.91 Å². The van der Waals surface area contributed by atoms with Crippen LogP contribution in [0.1, 0.15) is 13.3 Å². The molecule has 0 saturated carbocycles. The molecule has 0 aliphatic carbocycles. The number of nitrogens with one attached hydrogen (secondary N) is 1. The summed E-state index contributed by atoms with van der Waals surface area (Å²) in [5, 5.41) is 2.08. The molecule has 0 aromatic carbocycles. The van der Waals surface area contributed by atoms with Crippen LogP contribution in [0.2, 0.25) is 0 Å². The molecule has 0 bridgehead atoms. The van der Waals surface area contributed by atoms with Crippen molar-refractivity contribution in [3.8, 4) is 0 Å². The lowest BCUT2D eigenvalue weighted by atomic mass is 10.4. The van der Waals surface area contributed by atoms with E-state index >= 15 is 0 Å². The molecule has 2 nitrogen and oxygen atoms in total. The number of hydrogen-bond acceptors (Lipinski definition) is 1. The standard InChI is InChI=1S/C7H11F2NO/c1-2-3-4-5-10-7(11)6(8)9/h2-3,6H,4-5H2,1H3,(H,10,11)/b3-2+. The number of halogens is 2. The summed E-state index contributed by atoms with van der Waals surface area (Å²) < 4.78 is 23.0. The van der Waals surface area contributed by atoms with Crippen LogP contribution in [-0.4, -0.2) is 18.9 Å². The SMILES string of the molecule is C/C=C/CCNC(=O)C(F)F. The van der Waals surface area contributed by atoms with Gasteiger partial charge in [0.05, 0.1) is 0 Å². The Hall–Kier alpha value is -0.930. The molecule has 11 heavy (non-hydrogen) atoms. The van der Waals surface area contributed by atoms with Crippen LogP contribution in [0.3, 0.4) is 0 Å². The monoisotopic (exact) mass is 163 g/mol. The second-order valence-corrected chi connectivity index (χ2v) is 1.95. The van der Waals surface area contributed by atoms with Gasteiger partial charge in [-0.05, 0) is 13.3 Å². The van der Waals surface area contributed by atoms with Gasteiger partial charge < -0.3 is 5.32 Å². The van der Waals surface area contributed by atoms with Crippen molar-refractivity contribution in [1.29, 1.82) is 0 Å². The Morgan fingerprint density at radius 3 is 2.73 bits per heavy atom.